The van der Waals surface area contributed by atoms with E-state index in [4.69, 9.17) is 14.2 Å². The van der Waals surface area contributed by atoms with E-state index < -0.39 is 0 Å². The lowest BCUT2D eigenvalue weighted by molar-refractivity contribution is 0.0963. The molecule has 0 bridgehead atoms. The van der Waals surface area contributed by atoms with Crippen molar-refractivity contribution in [3.05, 3.63) is 53.1 Å². The van der Waals surface area contributed by atoms with Crippen LogP contribution in [0.5, 0.6) is 17.2 Å². The van der Waals surface area contributed by atoms with Gasteiger partial charge in [0.05, 0.1) is 21.3 Å². The maximum absolute atomic E-state index is 11.8. The summed E-state index contributed by atoms with van der Waals surface area (Å²) >= 11 is 0. The van der Waals surface area contributed by atoms with E-state index in [-0.39, 0.29) is 5.91 Å². The first-order valence-corrected chi connectivity index (χ1v) is 10.1. The lowest BCUT2D eigenvalue weighted by atomic mass is 10.1. The minimum Gasteiger partial charge on any atom is -0.493 e. The first-order valence-electron chi connectivity index (χ1n) is 10.1. The minimum absolute atomic E-state index is 0.0853. The summed E-state index contributed by atoms with van der Waals surface area (Å²) in [6.07, 6.45) is 1.49. The average molecular weight is 429 g/mol. The summed E-state index contributed by atoms with van der Waals surface area (Å²) in [6, 6.07) is 11.4. The van der Waals surface area contributed by atoms with Crippen LogP contribution in [-0.4, -0.2) is 60.4 Å². The first-order chi connectivity index (χ1) is 15.1. The summed E-state index contributed by atoms with van der Waals surface area (Å²) in [6.45, 7) is 1.36. The fourth-order valence-electron chi connectivity index (χ4n) is 3.23. The van der Waals surface area contributed by atoms with Crippen LogP contribution in [-0.2, 0) is 12.8 Å². The summed E-state index contributed by atoms with van der Waals surface area (Å²) in [5.41, 5.74) is 2.75. The number of hydrogen-bond acceptors (Lipinski definition) is 5. The van der Waals surface area contributed by atoms with E-state index >= 15 is 0 Å². The molecule has 0 atom stereocenters. The van der Waals surface area contributed by atoms with Crippen molar-refractivity contribution in [2.75, 3.05) is 48.5 Å². The van der Waals surface area contributed by atoms with Gasteiger partial charge < -0.3 is 30.2 Å². The SMILES string of the molecule is CN=C(NCCc1cccc(C(=O)NC)c1)NCCc1ccc(OC)c(OC)c1OC. The lowest BCUT2D eigenvalue weighted by Gasteiger charge is -2.16. The van der Waals surface area contributed by atoms with Gasteiger partial charge in [0, 0.05) is 38.3 Å². The summed E-state index contributed by atoms with van der Waals surface area (Å²) < 4.78 is 16.3. The van der Waals surface area contributed by atoms with Crippen LogP contribution < -0.4 is 30.2 Å². The molecule has 1 amide bonds. The van der Waals surface area contributed by atoms with Crippen molar-refractivity contribution in [3.8, 4) is 17.2 Å². The van der Waals surface area contributed by atoms with Crippen LogP contribution in [0.25, 0.3) is 0 Å². The highest BCUT2D eigenvalue weighted by molar-refractivity contribution is 5.94. The molecule has 0 aliphatic carbocycles. The number of rotatable bonds is 10. The van der Waals surface area contributed by atoms with Gasteiger partial charge >= 0.3 is 0 Å². The third kappa shape index (κ3) is 6.53. The number of ether oxygens (including phenoxy) is 3. The van der Waals surface area contributed by atoms with Crippen molar-refractivity contribution in [3.63, 3.8) is 0 Å². The summed E-state index contributed by atoms with van der Waals surface area (Å²) in [7, 11) is 8.18. The molecule has 0 heterocycles. The third-order valence-electron chi connectivity index (χ3n) is 4.82. The molecule has 0 aromatic heterocycles. The number of guanidine groups is 1. The topological polar surface area (TPSA) is 93.2 Å². The number of nitrogens with one attached hydrogen (secondary N) is 3. The molecular weight excluding hydrogens is 396 g/mol. The molecule has 0 aliphatic rings. The van der Waals surface area contributed by atoms with Gasteiger partial charge in [-0.2, -0.15) is 0 Å². The molecule has 0 unspecified atom stereocenters. The van der Waals surface area contributed by atoms with E-state index in [0.717, 1.165) is 24.0 Å². The van der Waals surface area contributed by atoms with Crippen molar-refractivity contribution >= 4 is 11.9 Å². The van der Waals surface area contributed by atoms with E-state index in [1.165, 1.54) is 0 Å². The van der Waals surface area contributed by atoms with Crippen LogP contribution in [0, 0.1) is 0 Å². The van der Waals surface area contributed by atoms with Crippen LogP contribution in [0.1, 0.15) is 21.5 Å². The second-order valence-corrected chi connectivity index (χ2v) is 6.70. The van der Waals surface area contributed by atoms with Crippen molar-refractivity contribution in [1.29, 1.82) is 0 Å². The highest BCUT2D eigenvalue weighted by Crippen LogP contribution is 2.39. The smallest absolute Gasteiger partial charge is 0.251 e. The van der Waals surface area contributed by atoms with Crippen molar-refractivity contribution in [2.45, 2.75) is 12.8 Å². The number of amides is 1. The fraction of sp³-hybridized carbons (Fsp3) is 0.391. The van der Waals surface area contributed by atoms with E-state index in [1.54, 1.807) is 41.5 Å². The number of hydrogen-bond donors (Lipinski definition) is 3. The molecule has 2 aromatic rings. The zero-order chi connectivity index (χ0) is 22.6. The van der Waals surface area contributed by atoms with Gasteiger partial charge in [-0.25, -0.2) is 0 Å². The Hall–Kier alpha value is -3.42. The normalized spacial score (nSPS) is 10.9. The molecule has 0 spiro atoms. The number of carbonyl (C=O) groups excluding carboxylic acids is 1. The van der Waals surface area contributed by atoms with Gasteiger partial charge in [-0.05, 0) is 36.6 Å². The molecule has 0 aliphatic heterocycles. The number of benzene rings is 2. The summed E-state index contributed by atoms with van der Waals surface area (Å²) in [4.78, 5) is 16.0. The summed E-state index contributed by atoms with van der Waals surface area (Å²) in [5, 5.41) is 9.25. The Morgan fingerprint density at radius 2 is 1.65 bits per heavy atom. The van der Waals surface area contributed by atoms with Crippen molar-refractivity contribution in [2.24, 2.45) is 4.99 Å². The molecule has 8 nitrogen and oxygen atoms in total. The van der Waals surface area contributed by atoms with Gasteiger partial charge in [-0.3, -0.25) is 9.79 Å². The van der Waals surface area contributed by atoms with Gasteiger partial charge in [0.2, 0.25) is 5.75 Å². The van der Waals surface area contributed by atoms with Crippen LogP contribution in [0.15, 0.2) is 41.4 Å². The first kappa shape index (κ1) is 23.9. The van der Waals surface area contributed by atoms with Gasteiger partial charge in [0.25, 0.3) is 5.91 Å². The number of methoxy groups -OCH3 is 3. The highest BCUT2D eigenvalue weighted by atomic mass is 16.5. The molecule has 0 saturated carbocycles. The van der Waals surface area contributed by atoms with E-state index in [9.17, 15) is 4.79 Å². The molecule has 2 aromatic carbocycles. The number of nitrogens with zero attached hydrogens (tertiary/aromatic N) is 1. The number of carbonyl (C=O) groups is 1. The molecule has 0 fully saturated rings. The Morgan fingerprint density at radius 3 is 2.26 bits per heavy atom. The molecular formula is C23H32N4O4. The molecule has 168 valence electrons. The van der Waals surface area contributed by atoms with Gasteiger partial charge in [0.1, 0.15) is 0 Å². The van der Waals surface area contributed by atoms with Crippen LogP contribution in [0.4, 0.5) is 0 Å². The average Bonchev–Trinajstić information content (AvgIpc) is 2.81. The molecule has 8 heteroatoms. The quantitative estimate of drug-likeness (QED) is 0.396. The van der Waals surface area contributed by atoms with Crippen LogP contribution in [0.2, 0.25) is 0 Å². The molecule has 0 saturated heterocycles. The molecule has 0 radical (unpaired) electrons. The summed E-state index contributed by atoms with van der Waals surface area (Å²) in [5.74, 6) is 2.51. The maximum atomic E-state index is 11.8. The van der Waals surface area contributed by atoms with Crippen LogP contribution >= 0.6 is 0 Å². The Bertz CT molecular complexity index is 899. The molecule has 2 rings (SSSR count). The predicted molar refractivity (Wildman–Crippen MR) is 123 cm³/mol. The molecule has 3 N–H and O–H groups in total. The monoisotopic (exact) mass is 428 g/mol. The van der Waals surface area contributed by atoms with E-state index in [1.807, 2.05) is 30.3 Å². The van der Waals surface area contributed by atoms with Gasteiger partial charge in [-0.15, -0.1) is 0 Å². The zero-order valence-electron chi connectivity index (χ0n) is 18.9. The Balaban J connectivity index is 1.88. The Morgan fingerprint density at radius 1 is 0.935 bits per heavy atom. The fourth-order valence-corrected chi connectivity index (χ4v) is 3.23. The van der Waals surface area contributed by atoms with Crippen molar-refractivity contribution < 1.29 is 19.0 Å². The standard InChI is InChI=1S/C23H32N4O4/c1-24-22(28)18-8-6-7-16(15-18)11-13-26-23(25-2)27-14-12-17-9-10-19(29-3)21(31-5)20(17)30-4/h6-10,15H,11-14H2,1-5H3,(H,24,28)(H2,25,26,27). The number of aliphatic imine (C=N–C) groups is 1. The highest BCUT2D eigenvalue weighted by Gasteiger charge is 2.15. The van der Waals surface area contributed by atoms with Gasteiger partial charge in [-0.1, -0.05) is 18.2 Å². The minimum atomic E-state index is -0.0853. The zero-order valence-corrected chi connectivity index (χ0v) is 18.9. The maximum Gasteiger partial charge on any atom is 0.251 e. The predicted octanol–water partition coefficient (Wildman–Crippen LogP) is 2.02. The largest absolute Gasteiger partial charge is 0.493 e. The second kappa shape index (κ2) is 12.3. The second-order valence-electron chi connectivity index (χ2n) is 6.70. The van der Waals surface area contributed by atoms with Crippen LogP contribution in [0.3, 0.4) is 0 Å². The third-order valence-corrected chi connectivity index (χ3v) is 4.82. The van der Waals surface area contributed by atoms with Crippen molar-refractivity contribution in [1.82, 2.24) is 16.0 Å². The molecule has 31 heavy (non-hydrogen) atoms. The van der Waals surface area contributed by atoms with Gasteiger partial charge in [0.15, 0.2) is 17.5 Å². The van der Waals surface area contributed by atoms with E-state index in [2.05, 4.69) is 20.9 Å². The lowest BCUT2D eigenvalue weighted by Crippen LogP contribution is -2.39. The Labute approximate surface area is 184 Å². The van der Waals surface area contributed by atoms with E-state index in [0.29, 0.717) is 41.9 Å². The Kier molecular flexibility index (Phi) is 9.48.